The predicted octanol–water partition coefficient (Wildman–Crippen LogP) is 5.71. The van der Waals surface area contributed by atoms with Crippen LogP contribution in [0.5, 0.6) is 0 Å². The minimum atomic E-state index is -4.84. The zero-order chi connectivity index (χ0) is 31.8. The molecule has 44 heavy (non-hydrogen) atoms. The standard InChI is InChI=1S/C30H26Cl2F3N3O6/c1-16-9-17(25-13-29(44-37-25,30(33,34)35)18-10-19(31)12-20(32)11-18)7-8-22(16)26(39)36-21-14-38(43-15-21)27(40)23-5-3-4-6-24(23)28(41)42-2/h3-12,21,27,40H,13-15H2,1-2H3,(H,36,39). The number of aliphatic hydroxyl groups excluding tert-OH is 1. The fourth-order valence-electron chi connectivity index (χ4n) is 5.15. The normalized spacial score (nSPS) is 21.0. The van der Waals surface area contributed by atoms with E-state index in [-0.39, 0.29) is 51.2 Å². The molecular formula is C30H26Cl2F3N3O6. The highest BCUT2D eigenvalue weighted by molar-refractivity contribution is 6.34. The van der Waals surface area contributed by atoms with Crippen molar-refractivity contribution >= 4 is 40.8 Å². The molecule has 2 N–H and O–H groups in total. The number of benzene rings is 3. The van der Waals surface area contributed by atoms with E-state index in [1.54, 1.807) is 31.2 Å². The monoisotopic (exact) mass is 651 g/mol. The number of hydroxylamine groups is 2. The van der Waals surface area contributed by atoms with Crippen molar-refractivity contribution in [2.75, 3.05) is 20.3 Å². The molecule has 3 aromatic carbocycles. The summed E-state index contributed by atoms with van der Waals surface area (Å²) in [4.78, 5) is 35.9. The smallest absolute Gasteiger partial charge is 0.435 e. The van der Waals surface area contributed by atoms with Gasteiger partial charge in [-0.15, -0.1) is 0 Å². The van der Waals surface area contributed by atoms with Crippen molar-refractivity contribution in [3.63, 3.8) is 0 Å². The van der Waals surface area contributed by atoms with Gasteiger partial charge in [-0.1, -0.05) is 52.6 Å². The SMILES string of the molecule is COC(=O)c1ccccc1C(O)N1CC(NC(=O)c2ccc(C3=NOC(c4cc(Cl)cc(Cl)c4)(C(F)(F)F)C3)cc2C)CO1. The van der Waals surface area contributed by atoms with Crippen molar-refractivity contribution in [3.8, 4) is 0 Å². The molecule has 5 rings (SSSR count). The van der Waals surface area contributed by atoms with Crippen LogP contribution in [0.3, 0.4) is 0 Å². The number of nitrogens with one attached hydrogen (secondary N) is 1. The van der Waals surface area contributed by atoms with Crippen molar-refractivity contribution in [2.24, 2.45) is 5.16 Å². The van der Waals surface area contributed by atoms with Crippen LogP contribution in [0.1, 0.15) is 55.6 Å². The Morgan fingerprint density at radius 1 is 1.11 bits per heavy atom. The number of rotatable bonds is 7. The molecule has 0 spiro atoms. The first-order valence-corrected chi connectivity index (χ1v) is 14.0. The molecule has 232 valence electrons. The Labute approximate surface area is 260 Å². The summed E-state index contributed by atoms with van der Waals surface area (Å²) < 4.78 is 47.8. The van der Waals surface area contributed by atoms with E-state index in [1.807, 2.05) is 0 Å². The second kappa shape index (κ2) is 12.4. The van der Waals surface area contributed by atoms with Gasteiger partial charge in [-0.3, -0.25) is 9.63 Å². The number of alkyl halides is 3. The molecule has 2 aliphatic rings. The van der Waals surface area contributed by atoms with Crippen LogP contribution in [0.4, 0.5) is 13.2 Å². The first-order valence-electron chi connectivity index (χ1n) is 13.3. The minimum absolute atomic E-state index is 0.0238. The highest BCUT2D eigenvalue weighted by Crippen LogP contribution is 2.49. The number of esters is 1. The minimum Gasteiger partial charge on any atom is -0.465 e. The van der Waals surface area contributed by atoms with Gasteiger partial charge in [-0.2, -0.15) is 18.2 Å². The third-order valence-corrected chi connectivity index (χ3v) is 7.85. The van der Waals surface area contributed by atoms with Crippen LogP contribution in [0.2, 0.25) is 10.0 Å². The Morgan fingerprint density at radius 3 is 2.48 bits per heavy atom. The maximum Gasteiger partial charge on any atom is 0.435 e. The first-order chi connectivity index (χ1) is 20.8. The van der Waals surface area contributed by atoms with E-state index in [2.05, 4.69) is 10.5 Å². The van der Waals surface area contributed by atoms with Crippen LogP contribution >= 0.6 is 23.2 Å². The quantitative estimate of drug-likeness (QED) is 0.315. The zero-order valence-corrected chi connectivity index (χ0v) is 24.8. The maximum absolute atomic E-state index is 14.4. The summed E-state index contributed by atoms with van der Waals surface area (Å²) in [6.07, 6.45) is -6.77. The Morgan fingerprint density at radius 2 is 1.82 bits per heavy atom. The summed E-state index contributed by atoms with van der Waals surface area (Å²) in [6, 6.07) is 14.0. The van der Waals surface area contributed by atoms with E-state index in [9.17, 15) is 27.9 Å². The van der Waals surface area contributed by atoms with Gasteiger partial charge in [0.05, 0.1) is 37.6 Å². The number of aliphatic hydroxyl groups is 1. The molecule has 0 bridgehead atoms. The predicted molar refractivity (Wildman–Crippen MR) is 154 cm³/mol. The van der Waals surface area contributed by atoms with Gasteiger partial charge in [0.2, 0.25) is 0 Å². The molecule has 0 aromatic heterocycles. The average Bonchev–Trinajstić information content (AvgIpc) is 3.64. The van der Waals surface area contributed by atoms with Crippen molar-refractivity contribution in [1.82, 2.24) is 10.4 Å². The number of halogens is 5. The van der Waals surface area contributed by atoms with Crippen LogP contribution in [0, 0.1) is 6.92 Å². The van der Waals surface area contributed by atoms with Crippen molar-refractivity contribution in [1.29, 1.82) is 0 Å². The van der Waals surface area contributed by atoms with Gasteiger partial charge in [-0.05, 0) is 54.4 Å². The average molecular weight is 652 g/mol. The highest BCUT2D eigenvalue weighted by Gasteiger charge is 2.62. The van der Waals surface area contributed by atoms with E-state index in [1.165, 1.54) is 36.4 Å². The molecule has 0 saturated carbocycles. The molecule has 3 atom stereocenters. The van der Waals surface area contributed by atoms with Crippen molar-refractivity contribution in [3.05, 3.63) is 104 Å². The maximum atomic E-state index is 14.4. The van der Waals surface area contributed by atoms with Crippen LogP contribution in [0.25, 0.3) is 0 Å². The number of nitrogens with zero attached hydrogens (tertiary/aromatic N) is 2. The van der Waals surface area contributed by atoms with Gasteiger partial charge < -0.3 is 20.0 Å². The highest BCUT2D eigenvalue weighted by atomic mass is 35.5. The summed E-state index contributed by atoms with van der Waals surface area (Å²) >= 11 is 11.9. The Bertz CT molecular complexity index is 1620. The Hall–Kier alpha value is -3.68. The van der Waals surface area contributed by atoms with Gasteiger partial charge in [-0.25, -0.2) is 4.79 Å². The van der Waals surface area contributed by atoms with Gasteiger partial charge >= 0.3 is 12.1 Å². The van der Waals surface area contributed by atoms with Crippen LogP contribution in [0.15, 0.2) is 65.8 Å². The molecule has 1 amide bonds. The topological polar surface area (TPSA) is 110 Å². The molecule has 0 radical (unpaired) electrons. The third-order valence-electron chi connectivity index (χ3n) is 7.41. The molecule has 9 nitrogen and oxygen atoms in total. The molecule has 2 heterocycles. The fourth-order valence-corrected chi connectivity index (χ4v) is 5.67. The number of hydrogen-bond donors (Lipinski definition) is 2. The number of aryl methyl sites for hydroxylation is 1. The number of amides is 1. The lowest BCUT2D eigenvalue weighted by molar-refractivity contribution is -0.275. The first kappa shape index (κ1) is 31.7. The second-order valence-electron chi connectivity index (χ2n) is 10.3. The van der Waals surface area contributed by atoms with Crippen LogP contribution in [-0.4, -0.2) is 60.2 Å². The van der Waals surface area contributed by atoms with E-state index >= 15 is 0 Å². The molecule has 0 aliphatic carbocycles. The number of hydrogen-bond acceptors (Lipinski definition) is 8. The molecule has 1 fully saturated rings. The third kappa shape index (κ3) is 6.13. The Kier molecular flexibility index (Phi) is 8.92. The number of carbonyl (C=O) groups excluding carboxylic acids is 2. The van der Waals surface area contributed by atoms with E-state index < -0.39 is 42.3 Å². The van der Waals surface area contributed by atoms with Crippen molar-refractivity contribution in [2.45, 2.75) is 37.4 Å². The summed E-state index contributed by atoms with van der Waals surface area (Å²) in [5.74, 6) is -1.06. The summed E-state index contributed by atoms with van der Waals surface area (Å²) in [6.45, 7) is 1.82. The molecule has 14 heteroatoms. The fraction of sp³-hybridized carbons (Fsp3) is 0.300. The zero-order valence-electron chi connectivity index (χ0n) is 23.3. The van der Waals surface area contributed by atoms with Gasteiger partial charge in [0.25, 0.3) is 11.5 Å². The number of oxime groups is 1. The van der Waals surface area contributed by atoms with Gasteiger partial charge in [0, 0.05) is 33.2 Å². The molecule has 1 saturated heterocycles. The second-order valence-corrected chi connectivity index (χ2v) is 11.2. The lowest BCUT2D eigenvalue weighted by Gasteiger charge is -2.29. The molecule has 3 unspecified atom stereocenters. The van der Waals surface area contributed by atoms with E-state index in [4.69, 9.17) is 37.6 Å². The van der Waals surface area contributed by atoms with Crippen LogP contribution in [-0.2, 0) is 20.0 Å². The number of ether oxygens (including phenoxy) is 1. The Balaban J connectivity index is 1.27. The largest absolute Gasteiger partial charge is 0.465 e. The number of methoxy groups -OCH3 is 1. The van der Waals surface area contributed by atoms with Crippen LogP contribution < -0.4 is 5.32 Å². The summed E-state index contributed by atoms with van der Waals surface area (Å²) in [5, 5.41) is 18.8. The summed E-state index contributed by atoms with van der Waals surface area (Å²) in [5.41, 5.74) is -1.44. The van der Waals surface area contributed by atoms with Gasteiger partial charge in [0.1, 0.15) is 0 Å². The number of carbonyl (C=O) groups is 2. The summed E-state index contributed by atoms with van der Waals surface area (Å²) in [7, 11) is 1.24. The van der Waals surface area contributed by atoms with Gasteiger partial charge in [0.15, 0.2) is 6.23 Å². The lowest BCUT2D eigenvalue weighted by Crippen LogP contribution is -2.42. The van der Waals surface area contributed by atoms with Crippen molar-refractivity contribution < 1.29 is 42.3 Å². The van der Waals surface area contributed by atoms with E-state index in [0.29, 0.717) is 11.1 Å². The molecule has 2 aliphatic heterocycles. The lowest BCUT2D eigenvalue weighted by atomic mass is 9.86. The molecular weight excluding hydrogens is 626 g/mol. The van der Waals surface area contributed by atoms with E-state index in [0.717, 1.165) is 12.1 Å². The molecule has 3 aromatic rings.